The van der Waals surface area contributed by atoms with Crippen LogP contribution in [0.1, 0.15) is 23.7 Å². The minimum absolute atomic E-state index is 0.0881. The number of benzene rings is 1. The Balaban J connectivity index is 1.95. The monoisotopic (exact) mass is 336 g/mol. The first-order valence-electron chi connectivity index (χ1n) is 7.38. The number of nitrogens with zero attached hydrogens (tertiary/aromatic N) is 1. The van der Waals surface area contributed by atoms with Gasteiger partial charge in [0.1, 0.15) is 6.10 Å². The zero-order valence-electron chi connectivity index (χ0n) is 12.4. The second kappa shape index (κ2) is 6.86. The van der Waals surface area contributed by atoms with Crippen LogP contribution in [0, 0.1) is 12.8 Å². The molecule has 1 unspecified atom stereocenters. The van der Waals surface area contributed by atoms with E-state index in [1.165, 1.54) is 0 Å². The van der Waals surface area contributed by atoms with Crippen LogP contribution in [0.25, 0.3) is 0 Å². The van der Waals surface area contributed by atoms with Crippen molar-refractivity contribution < 1.29 is 4.74 Å². The summed E-state index contributed by atoms with van der Waals surface area (Å²) in [6, 6.07) is 7.70. The molecule has 2 atom stereocenters. The Hall–Kier alpha value is -1.29. The molecule has 22 heavy (non-hydrogen) atoms. The Morgan fingerprint density at radius 3 is 2.68 bits per heavy atom. The van der Waals surface area contributed by atoms with Gasteiger partial charge < -0.3 is 10.1 Å². The molecule has 1 saturated heterocycles. The Bertz CT molecular complexity index is 643. The highest BCUT2D eigenvalue weighted by Gasteiger charge is 2.29. The molecule has 5 heteroatoms. The van der Waals surface area contributed by atoms with E-state index >= 15 is 0 Å². The third-order valence-electron chi connectivity index (χ3n) is 4.05. The summed E-state index contributed by atoms with van der Waals surface area (Å²) in [7, 11) is 0. The van der Waals surface area contributed by atoms with Gasteiger partial charge in [-0.15, -0.1) is 0 Å². The van der Waals surface area contributed by atoms with E-state index in [1.54, 1.807) is 12.4 Å². The molecule has 1 aromatic carbocycles. The van der Waals surface area contributed by atoms with Crippen LogP contribution < -0.4 is 10.1 Å². The Kier molecular flexibility index (Phi) is 4.87. The molecule has 0 amide bonds. The van der Waals surface area contributed by atoms with Gasteiger partial charge in [-0.1, -0.05) is 29.3 Å². The SMILES string of the molecule is Cc1ccc(Cl)c(OC(c2ccncc2)[C@H]2CCNC2)c1Cl. The molecule has 3 nitrogen and oxygen atoms in total. The average molecular weight is 337 g/mol. The van der Waals surface area contributed by atoms with Gasteiger partial charge in [-0.25, -0.2) is 0 Å². The number of hydrogen-bond acceptors (Lipinski definition) is 3. The van der Waals surface area contributed by atoms with Crippen LogP contribution in [-0.2, 0) is 0 Å². The predicted octanol–water partition coefficient (Wildman–Crippen LogP) is 4.43. The molecule has 1 fully saturated rings. The molecule has 0 bridgehead atoms. The Morgan fingerprint density at radius 2 is 2.00 bits per heavy atom. The second-order valence-electron chi connectivity index (χ2n) is 5.58. The number of rotatable bonds is 4. The number of aromatic nitrogens is 1. The highest BCUT2D eigenvalue weighted by atomic mass is 35.5. The number of aryl methyl sites for hydroxylation is 1. The van der Waals surface area contributed by atoms with Crippen LogP contribution >= 0.6 is 23.2 Å². The van der Waals surface area contributed by atoms with Crippen LogP contribution in [0.4, 0.5) is 0 Å². The fourth-order valence-corrected chi connectivity index (χ4v) is 3.25. The van der Waals surface area contributed by atoms with Gasteiger partial charge in [0, 0.05) is 24.9 Å². The van der Waals surface area contributed by atoms with Gasteiger partial charge >= 0.3 is 0 Å². The molecule has 0 radical (unpaired) electrons. The van der Waals surface area contributed by atoms with Gasteiger partial charge in [0.2, 0.25) is 0 Å². The topological polar surface area (TPSA) is 34.1 Å². The van der Waals surface area contributed by atoms with Crippen LogP contribution in [-0.4, -0.2) is 18.1 Å². The van der Waals surface area contributed by atoms with Crippen molar-refractivity contribution in [2.24, 2.45) is 5.92 Å². The molecule has 1 aromatic heterocycles. The van der Waals surface area contributed by atoms with Gasteiger partial charge in [-0.3, -0.25) is 4.98 Å². The van der Waals surface area contributed by atoms with E-state index in [0.29, 0.717) is 21.7 Å². The van der Waals surface area contributed by atoms with Gasteiger partial charge in [-0.05, 0) is 49.2 Å². The number of pyridine rings is 1. The van der Waals surface area contributed by atoms with Gasteiger partial charge in [0.05, 0.1) is 10.0 Å². The third kappa shape index (κ3) is 3.22. The molecular formula is C17H18Cl2N2O. The lowest BCUT2D eigenvalue weighted by Crippen LogP contribution is -2.21. The minimum Gasteiger partial charge on any atom is -0.482 e. The van der Waals surface area contributed by atoms with Crippen molar-refractivity contribution in [3.63, 3.8) is 0 Å². The van der Waals surface area contributed by atoms with Gasteiger partial charge in [0.15, 0.2) is 5.75 Å². The number of hydrogen-bond donors (Lipinski definition) is 1. The van der Waals surface area contributed by atoms with Gasteiger partial charge in [0.25, 0.3) is 0 Å². The van der Waals surface area contributed by atoms with Crippen LogP contribution in [0.2, 0.25) is 10.0 Å². The lowest BCUT2D eigenvalue weighted by molar-refractivity contribution is 0.144. The lowest BCUT2D eigenvalue weighted by atomic mass is 9.95. The Labute approximate surface area is 140 Å². The van der Waals surface area contributed by atoms with E-state index in [-0.39, 0.29) is 6.10 Å². The fraction of sp³-hybridized carbons (Fsp3) is 0.353. The summed E-state index contributed by atoms with van der Waals surface area (Å²) in [6.07, 6.45) is 4.55. The van der Waals surface area contributed by atoms with Crippen molar-refractivity contribution in [2.45, 2.75) is 19.4 Å². The molecule has 1 aliphatic heterocycles. The van der Waals surface area contributed by atoms with E-state index < -0.39 is 0 Å². The molecule has 2 heterocycles. The van der Waals surface area contributed by atoms with Crippen molar-refractivity contribution in [1.82, 2.24) is 10.3 Å². The van der Waals surface area contributed by atoms with Crippen molar-refractivity contribution in [1.29, 1.82) is 0 Å². The normalized spacial score (nSPS) is 19.1. The predicted molar refractivity (Wildman–Crippen MR) is 89.8 cm³/mol. The molecule has 1 aliphatic rings. The maximum absolute atomic E-state index is 6.40. The summed E-state index contributed by atoms with van der Waals surface area (Å²) >= 11 is 12.7. The highest BCUT2D eigenvalue weighted by Crippen LogP contribution is 2.40. The highest BCUT2D eigenvalue weighted by molar-refractivity contribution is 6.37. The summed E-state index contributed by atoms with van der Waals surface area (Å²) in [5, 5.41) is 4.51. The van der Waals surface area contributed by atoms with Crippen LogP contribution in [0.3, 0.4) is 0 Å². The quantitative estimate of drug-likeness (QED) is 0.896. The molecule has 2 aromatic rings. The van der Waals surface area contributed by atoms with Crippen molar-refractivity contribution in [2.75, 3.05) is 13.1 Å². The van der Waals surface area contributed by atoms with Crippen molar-refractivity contribution >= 4 is 23.2 Å². The molecule has 0 saturated carbocycles. The lowest BCUT2D eigenvalue weighted by Gasteiger charge is -2.26. The first kappa shape index (κ1) is 15.6. The second-order valence-corrected chi connectivity index (χ2v) is 6.36. The Morgan fingerprint density at radius 1 is 1.23 bits per heavy atom. The summed E-state index contributed by atoms with van der Waals surface area (Å²) < 4.78 is 6.30. The first-order valence-corrected chi connectivity index (χ1v) is 8.14. The van der Waals surface area contributed by atoms with E-state index in [0.717, 1.165) is 30.6 Å². The third-order valence-corrected chi connectivity index (χ3v) is 4.82. The number of halogens is 2. The molecule has 0 aliphatic carbocycles. The molecular weight excluding hydrogens is 319 g/mol. The maximum Gasteiger partial charge on any atom is 0.157 e. The standard InChI is InChI=1S/C17H18Cl2N2O/c1-11-2-3-14(18)17(15(11)19)22-16(13-6-9-21-10-13)12-4-7-20-8-5-12/h2-5,7-8,13,16,21H,6,9-10H2,1H3/t13-,16?/m0/s1. The van der Waals surface area contributed by atoms with Crippen molar-refractivity contribution in [3.8, 4) is 5.75 Å². The largest absolute Gasteiger partial charge is 0.482 e. The number of ether oxygens (including phenoxy) is 1. The minimum atomic E-state index is -0.0881. The molecule has 116 valence electrons. The van der Waals surface area contributed by atoms with E-state index in [9.17, 15) is 0 Å². The summed E-state index contributed by atoms with van der Waals surface area (Å²) in [5.74, 6) is 0.951. The summed E-state index contributed by atoms with van der Waals surface area (Å²) in [6.45, 7) is 3.88. The van der Waals surface area contributed by atoms with E-state index in [1.807, 2.05) is 31.2 Å². The van der Waals surface area contributed by atoms with Gasteiger partial charge in [-0.2, -0.15) is 0 Å². The summed E-state index contributed by atoms with van der Waals surface area (Å²) in [4.78, 5) is 4.09. The van der Waals surface area contributed by atoms with E-state index in [2.05, 4.69) is 10.3 Å². The van der Waals surface area contributed by atoms with Crippen molar-refractivity contribution in [3.05, 3.63) is 57.8 Å². The van der Waals surface area contributed by atoms with Crippen LogP contribution in [0.15, 0.2) is 36.7 Å². The zero-order valence-corrected chi connectivity index (χ0v) is 13.9. The first-order chi connectivity index (χ1) is 10.7. The molecule has 1 N–H and O–H groups in total. The number of nitrogens with one attached hydrogen (secondary N) is 1. The van der Waals surface area contributed by atoms with Crippen LogP contribution in [0.5, 0.6) is 5.75 Å². The van der Waals surface area contributed by atoms with E-state index in [4.69, 9.17) is 27.9 Å². The smallest absolute Gasteiger partial charge is 0.157 e. The summed E-state index contributed by atoms with van der Waals surface area (Å²) in [5.41, 5.74) is 2.05. The maximum atomic E-state index is 6.40. The fourth-order valence-electron chi connectivity index (χ4n) is 2.79. The zero-order chi connectivity index (χ0) is 15.5. The molecule has 3 rings (SSSR count). The molecule has 0 spiro atoms. The average Bonchev–Trinajstić information content (AvgIpc) is 3.06.